The third-order valence-electron chi connectivity index (χ3n) is 3.28. The SMILES string of the molecule is CC(CCCCCCCNCC(C)C(=O)O)C(=O)O. The highest BCUT2D eigenvalue weighted by atomic mass is 16.4. The Hall–Kier alpha value is -1.10. The second-order valence-electron chi connectivity index (χ2n) is 5.24. The van der Waals surface area contributed by atoms with Gasteiger partial charge in [0.25, 0.3) is 0 Å². The smallest absolute Gasteiger partial charge is 0.307 e. The molecule has 112 valence electrons. The first-order valence-electron chi connectivity index (χ1n) is 7.11. The van der Waals surface area contributed by atoms with Gasteiger partial charge < -0.3 is 15.5 Å². The summed E-state index contributed by atoms with van der Waals surface area (Å²) in [5.74, 6) is -2.05. The molecule has 0 aromatic rings. The molecule has 0 aliphatic heterocycles. The monoisotopic (exact) mass is 273 g/mol. The van der Waals surface area contributed by atoms with E-state index in [0.29, 0.717) is 6.54 Å². The maximum atomic E-state index is 10.6. The van der Waals surface area contributed by atoms with Crippen LogP contribution in [0, 0.1) is 11.8 Å². The van der Waals surface area contributed by atoms with Crippen LogP contribution in [0.2, 0.25) is 0 Å². The highest BCUT2D eigenvalue weighted by Gasteiger charge is 2.10. The summed E-state index contributed by atoms with van der Waals surface area (Å²) in [6.45, 7) is 4.81. The lowest BCUT2D eigenvalue weighted by atomic mass is 10.0. The van der Waals surface area contributed by atoms with Crippen molar-refractivity contribution in [2.75, 3.05) is 13.1 Å². The van der Waals surface area contributed by atoms with Crippen LogP contribution in [0.5, 0.6) is 0 Å². The Labute approximate surface area is 115 Å². The van der Waals surface area contributed by atoms with E-state index in [-0.39, 0.29) is 11.8 Å². The van der Waals surface area contributed by atoms with Crippen LogP contribution in [-0.4, -0.2) is 35.2 Å². The maximum Gasteiger partial charge on any atom is 0.307 e. The molecule has 0 saturated carbocycles. The van der Waals surface area contributed by atoms with Gasteiger partial charge in [0.05, 0.1) is 11.8 Å². The van der Waals surface area contributed by atoms with E-state index in [9.17, 15) is 9.59 Å². The van der Waals surface area contributed by atoms with Crippen molar-refractivity contribution in [3.8, 4) is 0 Å². The quantitative estimate of drug-likeness (QED) is 0.475. The molecule has 0 spiro atoms. The van der Waals surface area contributed by atoms with Gasteiger partial charge in [-0.15, -0.1) is 0 Å². The van der Waals surface area contributed by atoms with E-state index in [1.54, 1.807) is 13.8 Å². The van der Waals surface area contributed by atoms with Gasteiger partial charge >= 0.3 is 11.9 Å². The average Bonchev–Trinajstić information content (AvgIpc) is 2.35. The Morgan fingerprint density at radius 2 is 1.42 bits per heavy atom. The van der Waals surface area contributed by atoms with Crippen LogP contribution in [-0.2, 0) is 9.59 Å². The molecule has 0 saturated heterocycles. The Morgan fingerprint density at radius 1 is 0.895 bits per heavy atom. The molecule has 0 aromatic heterocycles. The van der Waals surface area contributed by atoms with Gasteiger partial charge in [-0.1, -0.05) is 39.5 Å². The highest BCUT2D eigenvalue weighted by Crippen LogP contribution is 2.11. The zero-order valence-electron chi connectivity index (χ0n) is 12.0. The average molecular weight is 273 g/mol. The molecule has 5 heteroatoms. The minimum Gasteiger partial charge on any atom is -0.481 e. The van der Waals surface area contributed by atoms with Crippen LogP contribution in [0.4, 0.5) is 0 Å². The van der Waals surface area contributed by atoms with Gasteiger partial charge in [0.2, 0.25) is 0 Å². The molecule has 0 fully saturated rings. The second-order valence-corrected chi connectivity index (χ2v) is 5.24. The largest absolute Gasteiger partial charge is 0.481 e. The Bertz CT molecular complexity index is 242. The van der Waals surface area contributed by atoms with E-state index in [1.165, 1.54) is 0 Å². The summed E-state index contributed by atoms with van der Waals surface area (Å²) in [7, 11) is 0. The molecule has 0 aromatic carbocycles. The van der Waals surface area contributed by atoms with E-state index in [2.05, 4.69) is 5.32 Å². The molecule has 2 unspecified atom stereocenters. The molecule has 0 amide bonds. The third-order valence-corrected chi connectivity index (χ3v) is 3.28. The van der Waals surface area contributed by atoms with Crippen molar-refractivity contribution in [2.24, 2.45) is 11.8 Å². The summed E-state index contributed by atoms with van der Waals surface area (Å²) in [4.78, 5) is 21.1. The second kappa shape index (κ2) is 10.8. The number of hydrogen-bond acceptors (Lipinski definition) is 3. The molecule has 5 nitrogen and oxygen atoms in total. The maximum absolute atomic E-state index is 10.6. The Balaban J connectivity index is 3.24. The fourth-order valence-corrected chi connectivity index (χ4v) is 1.76. The number of rotatable bonds is 12. The van der Waals surface area contributed by atoms with E-state index in [1.807, 2.05) is 0 Å². The summed E-state index contributed by atoms with van der Waals surface area (Å²) in [5.41, 5.74) is 0. The number of aliphatic carboxylic acids is 2. The molecule has 2 atom stereocenters. The summed E-state index contributed by atoms with van der Waals surface area (Å²) in [6.07, 6.45) is 6.06. The van der Waals surface area contributed by atoms with E-state index < -0.39 is 11.9 Å². The van der Waals surface area contributed by atoms with Crippen molar-refractivity contribution in [3.63, 3.8) is 0 Å². The molecule has 0 aliphatic carbocycles. The Kier molecular flexibility index (Phi) is 10.2. The lowest BCUT2D eigenvalue weighted by Crippen LogP contribution is -2.26. The van der Waals surface area contributed by atoms with Gasteiger partial charge in [0, 0.05) is 6.54 Å². The first-order valence-corrected chi connectivity index (χ1v) is 7.11. The lowest BCUT2D eigenvalue weighted by molar-refractivity contribution is -0.142. The molecule has 0 rings (SSSR count). The summed E-state index contributed by atoms with van der Waals surface area (Å²) >= 11 is 0. The van der Waals surface area contributed by atoms with Gasteiger partial charge in [0.15, 0.2) is 0 Å². The van der Waals surface area contributed by atoms with Crippen molar-refractivity contribution < 1.29 is 19.8 Å². The minimum atomic E-state index is -0.764. The number of hydrogen-bond donors (Lipinski definition) is 3. The minimum absolute atomic E-state index is 0.237. The first-order chi connectivity index (χ1) is 8.95. The molecular weight excluding hydrogens is 246 g/mol. The molecule has 0 radical (unpaired) electrons. The molecule has 3 N–H and O–H groups in total. The van der Waals surface area contributed by atoms with Crippen molar-refractivity contribution in [2.45, 2.75) is 52.4 Å². The highest BCUT2D eigenvalue weighted by molar-refractivity contribution is 5.69. The Morgan fingerprint density at radius 3 is 2.00 bits per heavy atom. The summed E-state index contributed by atoms with van der Waals surface area (Å²) in [5, 5.41) is 20.5. The molecule has 19 heavy (non-hydrogen) atoms. The summed E-state index contributed by atoms with van der Waals surface area (Å²) in [6, 6.07) is 0. The van der Waals surface area contributed by atoms with E-state index >= 15 is 0 Å². The van der Waals surface area contributed by atoms with E-state index in [4.69, 9.17) is 10.2 Å². The predicted octanol–water partition coefficient (Wildman–Crippen LogP) is 2.36. The van der Waals surface area contributed by atoms with Gasteiger partial charge in [-0.25, -0.2) is 0 Å². The summed E-state index contributed by atoms with van der Waals surface area (Å²) < 4.78 is 0. The molecular formula is C14H27NO4. The van der Waals surface area contributed by atoms with Gasteiger partial charge in [-0.05, 0) is 19.4 Å². The first kappa shape index (κ1) is 17.9. The van der Waals surface area contributed by atoms with Crippen LogP contribution in [0.15, 0.2) is 0 Å². The van der Waals surface area contributed by atoms with Crippen molar-refractivity contribution >= 4 is 11.9 Å². The topological polar surface area (TPSA) is 86.6 Å². The number of carbonyl (C=O) groups is 2. The predicted molar refractivity (Wildman–Crippen MR) is 74.2 cm³/mol. The van der Waals surface area contributed by atoms with Crippen molar-refractivity contribution in [3.05, 3.63) is 0 Å². The van der Waals surface area contributed by atoms with Crippen LogP contribution >= 0.6 is 0 Å². The molecule has 0 aliphatic rings. The number of unbranched alkanes of at least 4 members (excludes halogenated alkanes) is 4. The van der Waals surface area contributed by atoms with Crippen LogP contribution in [0.25, 0.3) is 0 Å². The van der Waals surface area contributed by atoms with E-state index in [0.717, 1.165) is 45.1 Å². The standard InChI is InChI=1S/C14H27NO4/c1-11(13(16)17)8-6-4-3-5-7-9-15-10-12(2)14(18)19/h11-12,15H,3-10H2,1-2H3,(H,16,17)(H,18,19). The van der Waals surface area contributed by atoms with Gasteiger partial charge in [-0.2, -0.15) is 0 Å². The molecule has 0 bridgehead atoms. The zero-order chi connectivity index (χ0) is 14.7. The normalized spacial score (nSPS) is 14.0. The van der Waals surface area contributed by atoms with Crippen molar-refractivity contribution in [1.82, 2.24) is 5.32 Å². The fraction of sp³-hybridized carbons (Fsp3) is 0.857. The molecule has 0 heterocycles. The third kappa shape index (κ3) is 10.5. The van der Waals surface area contributed by atoms with Gasteiger partial charge in [0.1, 0.15) is 0 Å². The zero-order valence-corrected chi connectivity index (χ0v) is 12.0. The fourth-order valence-electron chi connectivity index (χ4n) is 1.76. The number of nitrogens with one attached hydrogen (secondary N) is 1. The van der Waals surface area contributed by atoms with Crippen LogP contribution in [0.1, 0.15) is 52.4 Å². The lowest BCUT2D eigenvalue weighted by Gasteiger charge is -2.08. The van der Waals surface area contributed by atoms with Crippen molar-refractivity contribution in [1.29, 1.82) is 0 Å². The number of carboxylic acids is 2. The van der Waals surface area contributed by atoms with Crippen LogP contribution in [0.3, 0.4) is 0 Å². The van der Waals surface area contributed by atoms with Gasteiger partial charge in [-0.3, -0.25) is 9.59 Å². The van der Waals surface area contributed by atoms with Crippen LogP contribution < -0.4 is 5.32 Å². The number of carboxylic acid groups (broad SMARTS) is 2.